The first-order chi connectivity index (χ1) is 12.6. The van der Waals surface area contributed by atoms with E-state index in [9.17, 15) is 9.90 Å². The maximum absolute atomic E-state index is 12.4. The number of carbonyl (C=O) groups is 1. The van der Waals surface area contributed by atoms with Crippen molar-refractivity contribution in [2.75, 3.05) is 5.32 Å². The molecule has 1 amide bonds. The average Bonchev–Trinajstić information content (AvgIpc) is 3.14. The minimum atomic E-state index is -0.161. The third kappa shape index (κ3) is 4.10. The number of nitrogens with one attached hydrogen (secondary N) is 1. The van der Waals surface area contributed by atoms with Crippen LogP contribution < -0.4 is 5.32 Å². The topological polar surface area (TPSA) is 49.3 Å². The van der Waals surface area contributed by atoms with E-state index in [-0.39, 0.29) is 11.7 Å². The Kier molecular flexibility index (Phi) is 5.34. The fourth-order valence-electron chi connectivity index (χ4n) is 2.54. The summed E-state index contributed by atoms with van der Waals surface area (Å²) in [6.07, 6.45) is 3.94. The number of aromatic hydroxyl groups is 1. The molecule has 0 aliphatic heterocycles. The van der Waals surface area contributed by atoms with Crippen molar-refractivity contribution in [1.82, 2.24) is 0 Å². The van der Waals surface area contributed by atoms with Gasteiger partial charge in [0.1, 0.15) is 5.75 Å². The first kappa shape index (κ1) is 17.7. The molecule has 26 heavy (non-hydrogen) atoms. The Bertz CT molecular complexity index is 968. The van der Waals surface area contributed by atoms with Gasteiger partial charge in [0.25, 0.3) is 5.91 Å². The molecular weight excluding hydrogens is 342 g/mol. The summed E-state index contributed by atoms with van der Waals surface area (Å²) in [4.78, 5) is 14.1. The van der Waals surface area contributed by atoms with Crippen LogP contribution in [0.2, 0.25) is 0 Å². The Morgan fingerprint density at radius 2 is 1.65 bits per heavy atom. The smallest absolute Gasteiger partial charge is 0.265 e. The van der Waals surface area contributed by atoms with Crippen LogP contribution in [0.1, 0.15) is 32.6 Å². The predicted octanol–water partition coefficient (Wildman–Crippen LogP) is 5.91. The highest BCUT2D eigenvalue weighted by atomic mass is 32.1. The zero-order valence-corrected chi connectivity index (χ0v) is 15.2. The van der Waals surface area contributed by atoms with Crippen molar-refractivity contribution in [3.8, 4) is 5.75 Å². The fraction of sp³-hybridized carbons (Fsp3) is 0.0455. The van der Waals surface area contributed by atoms with E-state index in [2.05, 4.69) is 18.0 Å². The monoisotopic (exact) mass is 361 g/mol. The van der Waals surface area contributed by atoms with Crippen LogP contribution >= 0.6 is 11.3 Å². The molecule has 0 saturated heterocycles. The number of phenols is 1. The molecule has 4 heteroatoms. The Hall–Kier alpha value is -3.11. The molecule has 2 N–H and O–H groups in total. The third-order valence-electron chi connectivity index (χ3n) is 3.93. The highest BCUT2D eigenvalue weighted by Crippen LogP contribution is 2.27. The first-order valence-corrected chi connectivity index (χ1v) is 8.99. The van der Waals surface area contributed by atoms with Crippen molar-refractivity contribution in [2.24, 2.45) is 0 Å². The maximum Gasteiger partial charge on any atom is 0.265 e. The van der Waals surface area contributed by atoms with Crippen molar-refractivity contribution in [2.45, 2.75) is 6.92 Å². The van der Waals surface area contributed by atoms with Gasteiger partial charge in [0, 0.05) is 10.6 Å². The number of hydrogen-bond donors (Lipinski definition) is 2. The number of rotatable bonds is 5. The minimum absolute atomic E-state index is 0.161. The molecule has 1 aromatic heterocycles. The molecule has 2 aromatic carbocycles. The molecule has 0 spiro atoms. The highest BCUT2D eigenvalue weighted by Gasteiger charge is 2.11. The molecule has 0 unspecified atom stereocenters. The summed E-state index contributed by atoms with van der Waals surface area (Å²) < 4.78 is 0. The molecule has 0 fully saturated rings. The molecule has 3 rings (SSSR count). The third-order valence-corrected chi connectivity index (χ3v) is 5.15. The summed E-state index contributed by atoms with van der Waals surface area (Å²) in [5, 5.41) is 12.1. The number of carbonyl (C=O) groups excluding carboxylic acids is 1. The van der Waals surface area contributed by atoms with Crippen LogP contribution in [0.25, 0.3) is 17.7 Å². The molecule has 0 aliphatic carbocycles. The number of benzene rings is 2. The van der Waals surface area contributed by atoms with E-state index in [4.69, 9.17) is 0 Å². The Morgan fingerprint density at radius 3 is 2.35 bits per heavy atom. The van der Waals surface area contributed by atoms with Gasteiger partial charge in [-0.25, -0.2) is 0 Å². The Morgan fingerprint density at radius 1 is 1.00 bits per heavy atom. The normalized spacial score (nSPS) is 11.2. The molecule has 0 atom stereocenters. The summed E-state index contributed by atoms with van der Waals surface area (Å²) >= 11 is 1.45. The molecular formula is C22H19NO2S. The van der Waals surface area contributed by atoms with Crippen molar-refractivity contribution in [3.63, 3.8) is 0 Å². The Balaban J connectivity index is 1.78. The molecule has 3 aromatic rings. The van der Waals surface area contributed by atoms with Crippen molar-refractivity contribution in [1.29, 1.82) is 0 Å². The minimum Gasteiger partial charge on any atom is -0.508 e. The van der Waals surface area contributed by atoms with Gasteiger partial charge < -0.3 is 10.4 Å². The number of allylic oxidation sites excluding steroid dienone is 1. The quantitative estimate of drug-likeness (QED) is 0.555. The zero-order valence-electron chi connectivity index (χ0n) is 14.4. The fourth-order valence-corrected chi connectivity index (χ4v) is 3.41. The molecule has 0 bridgehead atoms. The van der Waals surface area contributed by atoms with E-state index in [0.29, 0.717) is 10.6 Å². The van der Waals surface area contributed by atoms with E-state index >= 15 is 0 Å². The van der Waals surface area contributed by atoms with Crippen LogP contribution in [0.15, 0.2) is 67.2 Å². The Labute approximate surface area is 157 Å². The van der Waals surface area contributed by atoms with E-state index in [1.165, 1.54) is 11.3 Å². The predicted molar refractivity (Wildman–Crippen MR) is 110 cm³/mol. The second-order valence-electron chi connectivity index (χ2n) is 5.83. The maximum atomic E-state index is 12.4. The van der Waals surface area contributed by atoms with E-state index in [0.717, 1.165) is 21.6 Å². The van der Waals surface area contributed by atoms with Gasteiger partial charge in [0.2, 0.25) is 0 Å². The molecule has 1 heterocycles. The van der Waals surface area contributed by atoms with Crippen molar-refractivity contribution >= 4 is 40.7 Å². The van der Waals surface area contributed by atoms with Crippen molar-refractivity contribution < 1.29 is 9.90 Å². The van der Waals surface area contributed by atoms with Gasteiger partial charge in [0.15, 0.2) is 0 Å². The molecule has 0 radical (unpaired) electrons. The largest absolute Gasteiger partial charge is 0.508 e. The van der Waals surface area contributed by atoms with E-state index in [1.807, 2.05) is 49.4 Å². The van der Waals surface area contributed by atoms with Crippen LogP contribution in [0, 0.1) is 0 Å². The molecule has 3 nitrogen and oxygen atoms in total. The van der Waals surface area contributed by atoms with Crippen LogP contribution in [-0.2, 0) is 0 Å². The number of phenolic OH excluding ortho intramolecular Hbond substituents is 1. The number of hydrogen-bond acceptors (Lipinski definition) is 3. The number of amides is 1. The summed E-state index contributed by atoms with van der Waals surface area (Å²) in [6.45, 7) is 5.88. The van der Waals surface area contributed by atoms with Crippen LogP contribution in [0.5, 0.6) is 5.75 Å². The molecule has 0 aliphatic rings. The summed E-state index contributed by atoms with van der Waals surface area (Å²) in [5.74, 6) is 0.00760. The molecule has 130 valence electrons. The number of thiophene rings is 1. The van der Waals surface area contributed by atoms with Gasteiger partial charge in [-0.1, -0.05) is 43.0 Å². The van der Waals surface area contributed by atoms with Gasteiger partial charge in [-0.2, -0.15) is 0 Å². The van der Waals surface area contributed by atoms with Gasteiger partial charge >= 0.3 is 0 Å². The second kappa shape index (κ2) is 7.85. The van der Waals surface area contributed by atoms with Gasteiger partial charge in [-0.3, -0.25) is 4.79 Å². The van der Waals surface area contributed by atoms with Crippen molar-refractivity contribution in [3.05, 3.63) is 88.1 Å². The van der Waals surface area contributed by atoms with Gasteiger partial charge in [0.05, 0.1) is 4.88 Å². The summed E-state index contributed by atoms with van der Waals surface area (Å²) in [5.41, 5.74) is 3.92. The summed E-state index contributed by atoms with van der Waals surface area (Å²) in [6, 6.07) is 18.3. The first-order valence-electron chi connectivity index (χ1n) is 8.17. The zero-order chi connectivity index (χ0) is 18.5. The lowest BCUT2D eigenvalue weighted by Gasteiger charge is -2.04. The average molecular weight is 361 g/mol. The van der Waals surface area contributed by atoms with Crippen LogP contribution in [-0.4, -0.2) is 11.0 Å². The van der Waals surface area contributed by atoms with Crippen LogP contribution in [0.4, 0.5) is 5.69 Å². The lowest BCUT2D eigenvalue weighted by molar-refractivity contribution is 0.103. The van der Waals surface area contributed by atoms with Gasteiger partial charge in [-0.15, -0.1) is 11.3 Å². The lowest BCUT2D eigenvalue weighted by Crippen LogP contribution is -2.09. The highest BCUT2D eigenvalue weighted by molar-refractivity contribution is 7.15. The van der Waals surface area contributed by atoms with Crippen LogP contribution in [0.3, 0.4) is 0 Å². The standard InChI is InChI=1S/C22H19NO2S/c1-3-16-6-4-5-7-17(16)14-15(2)20-12-13-21(26-20)22(25)23-18-8-10-19(24)11-9-18/h3-14,24H,1H2,2H3,(H,23,25)/b15-14+. The lowest BCUT2D eigenvalue weighted by atomic mass is 10.0. The SMILES string of the molecule is C=Cc1ccccc1/C=C(\C)c1ccc(C(=O)Nc2ccc(O)cc2)s1. The molecule has 0 saturated carbocycles. The second-order valence-corrected chi connectivity index (χ2v) is 6.91. The summed E-state index contributed by atoms with van der Waals surface area (Å²) in [7, 11) is 0. The van der Waals surface area contributed by atoms with Gasteiger partial charge in [-0.05, 0) is 60.0 Å². The number of anilines is 1. The van der Waals surface area contributed by atoms with E-state index in [1.54, 1.807) is 24.3 Å². The van der Waals surface area contributed by atoms with E-state index < -0.39 is 0 Å².